The molecule has 0 aromatic carbocycles. The van der Waals surface area contributed by atoms with E-state index in [2.05, 4.69) is 10.6 Å². The SMILES string of the molecule is CCNC(=O)N1CCCCC1CCNC. The second-order valence-electron chi connectivity index (χ2n) is 4.07. The van der Waals surface area contributed by atoms with Gasteiger partial charge in [-0.3, -0.25) is 0 Å². The zero-order valence-electron chi connectivity index (χ0n) is 9.88. The summed E-state index contributed by atoms with van der Waals surface area (Å²) < 4.78 is 0. The summed E-state index contributed by atoms with van der Waals surface area (Å²) in [6.07, 6.45) is 4.62. The molecule has 1 fully saturated rings. The predicted octanol–water partition coefficient (Wildman–Crippen LogP) is 1.18. The van der Waals surface area contributed by atoms with Crippen molar-refractivity contribution in [1.29, 1.82) is 0 Å². The Morgan fingerprint density at radius 2 is 2.27 bits per heavy atom. The van der Waals surface area contributed by atoms with Gasteiger partial charge in [0.1, 0.15) is 0 Å². The molecule has 1 rings (SSSR count). The quantitative estimate of drug-likeness (QED) is 0.736. The first kappa shape index (κ1) is 12.3. The van der Waals surface area contributed by atoms with Gasteiger partial charge in [0.2, 0.25) is 0 Å². The lowest BCUT2D eigenvalue weighted by Gasteiger charge is -2.35. The number of carbonyl (C=O) groups is 1. The van der Waals surface area contributed by atoms with Crippen LogP contribution in [0.3, 0.4) is 0 Å². The lowest BCUT2D eigenvalue weighted by molar-refractivity contribution is 0.147. The fourth-order valence-electron chi connectivity index (χ4n) is 2.13. The van der Waals surface area contributed by atoms with Crippen molar-refractivity contribution >= 4 is 6.03 Å². The molecule has 0 aromatic heterocycles. The van der Waals surface area contributed by atoms with Crippen LogP contribution in [0.2, 0.25) is 0 Å². The molecule has 0 radical (unpaired) electrons. The van der Waals surface area contributed by atoms with E-state index in [1.54, 1.807) is 0 Å². The molecule has 0 spiro atoms. The minimum atomic E-state index is 0.110. The minimum Gasteiger partial charge on any atom is -0.338 e. The Labute approximate surface area is 92.4 Å². The van der Waals surface area contributed by atoms with Crippen molar-refractivity contribution in [3.05, 3.63) is 0 Å². The summed E-state index contributed by atoms with van der Waals surface area (Å²) >= 11 is 0. The molecule has 2 N–H and O–H groups in total. The number of likely N-dealkylation sites (tertiary alicyclic amines) is 1. The van der Waals surface area contributed by atoms with Gasteiger partial charge in [0.25, 0.3) is 0 Å². The average Bonchev–Trinajstić information content (AvgIpc) is 2.27. The van der Waals surface area contributed by atoms with Crippen LogP contribution < -0.4 is 10.6 Å². The van der Waals surface area contributed by atoms with Gasteiger partial charge < -0.3 is 15.5 Å². The van der Waals surface area contributed by atoms with Gasteiger partial charge in [-0.15, -0.1) is 0 Å². The third-order valence-corrected chi connectivity index (χ3v) is 2.94. The standard InChI is InChI=1S/C11H23N3O/c1-3-13-11(15)14-9-5-4-6-10(14)7-8-12-2/h10,12H,3-9H2,1-2H3,(H,13,15). The van der Waals surface area contributed by atoms with Crippen molar-refractivity contribution in [2.45, 2.75) is 38.6 Å². The van der Waals surface area contributed by atoms with E-state index in [-0.39, 0.29) is 6.03 Å². The van der Waals surface area contributed by atoms with Gasteiger partial charge in [-0.2, -0.15) is 0 Å². The Bertz CT molecular complexity index is 196. The first-order valence-electron chi connectivity index (χ1n) is 5.98. The highest BCUT2D eigenvalue weighted by Crippen LogP contribution is 2.19. The van der Waals surface area contributed by atoms with E-state index in [0.717, 1.165) is 32.4 Å². The van der Waals surface area contributed by atoms with Crippen molar-refractivity contribution in [3.63, 3.8) is 0 Å². The monoisotopic (exact) mass is 213 g/mol. The number of hydrogen-bond donors (Lipinski definition) is 2. The molecule has 0 saturated carbocycles. The number of nitrogens with one attached hydrogen (secondary N) is 2. The summed E-state index contributed by atoms with van der Waals surface area (Å²) in [7, 11) is 1.96. The minimum absolute atomic E-state index is 0.110. The first-order valence-corrected chi connectivity index (χ1v) is 5.98. The maximum atomic E-state index is 11.8. The summed E-state index contributed by atoms with van der Waals surface area (Å²) in [5.74, 6) is 0. The van der Waals surface area contributed by atoms with E-state index < -0.39 is 0 Å². The van der Waals surface area contributed by atoms with Crippen LogP contribution in [0.25, 0.3) is 0 Å². The van der Waals surface area contributed by atoms with Gasteiger partial charge in [0.05, 0.1) is 0 Å². The Balaban J connectivity index is 2.45. The molecule has 1 aliphatic rings. The van der Waals surface area contributed by atoms with Crippen molar-refractivity contribution in [1.82, 2.24) is 15.5 Å². The van der Waals surface area contributed by atoms with E-state index in [9.17, 15) is 4.79 Å². The summed E-state index contributed by atoms with van der Waals surface area (Å²) in [6.45, 7) is 4.58. The maximum absolute atomic E-state index is 11.8. The van der Waals surface area contributed by atoms with E-state index in [1.807, 2.05) is 18.9 Å². The van der Waals surface area contributed by atoms with Crippen LogP contribution >= 0.6 is 0 Å². The van der Waals surface area contributed by atoms with E-state index >= 15 is 0 Å². The summed E-state index contributed by atoms with van der Waals surface area (Å²) in [6, 6.07) is 0.538. The van der Waals surface area contributed by atoms with Gasteiger partial charge in [-0.25, -0.2) is 4.79 Å². The second kappa shape index (κ2) is 6.67. The average molecular weight is 213 g/mol. The number of urea groups is 1. The zero-order valence-corrected chi connectivity index (χ0v) is 9.88. The third kappa shape index (κ3) is 3.70. The summed E-state index contributed by atoms with van der Waals surface area (Å²) in [4.78, 5) is 13.8. The maximum Gasteiger partial charge on any atom is 0.317 e. The topological polar surface area (TPSA) is 44.4 Å². The number of rotatable bonds is 4. The molecular weight excluding hydrogens is 190 g/mol. The van der Waals surface area contributed by atoms with Crippen molar-refractivity contribution < 1.29 is 4.79 Å². The second-order valence-corrected chi connectivity index (χ2v) is 4.07. The number of piperidine rings is 1. The summed E-state index contributed by atoms with van der Waals surface area (Å²) in [5.41, 5.74) is 0. The number of nitrogens with zero attached hydrogens (tertiary/aromatic N) is 1. The van der Waals surface area contributed by atoms with Crippen LogP contribution in [0.1, 0.15) is 32.6 Å². The van der Waals surface area contributed by atoms with Crippen LogP contribution in [0.15, 0.2) is 0 Å². The van der Waals surface area contributed by atoms with Crippen LogP contribution in [-0.2, 0) is 0 Å². The molecule has 4 nitrogen and oxygen atoms in total. The van der Waals surface area contributed by atoms with Crippen LogP contribution in [-0.4, -0.2) is 43.7 Å². The molecular formula is C11H23N3O. The van der Waals surface area contributed by atoms with E-state index in [1.165, 1.54) is 6.42 Å². The van der Waals surface area contributed by atoms with Crippen molar-refractivity contribution in [3.8, 4) is 0 Å². The van der Waals surface area contributed by atoms with Crippen molar-refractivity contribution in [2.24, 2.45) is 0 Å². The van der Waals surface area contributed by atoms with E-state index in [4.69, 9.17) is 0 Å². The largest absolute Gasteiger partial charge is 0.338 e. The molecule has 1 unspecified atom stereocenters. The van der Waals surface area contributed by atoms with E-state index in [0.29, 0.717) is 12.6 Å². The smallest absolute Gasteiger partial charge is 0.317 e. The molecule has 4 heteroatoms. The van der Waals surface area contributed by atoms with Crippen LogP contribution in [0, 0.1) is 0 Å². The third-order valence-electron chi connectivity index (χ3n) is 2.94. The highest BCUT2D eigenvalue weighted by molar-refractivity contribution is 5.74. The van der Waals surface area contributed by atoms with Gasteiger partial charge in [-0.05, 0) is 46.2 Å². The Hall–Kier alpha value is -0.770. The lowest BCUT2D eigenvalue weighted by atomic mass is 10.00. The number of hydrogen-bond acceptors (Lipinski definition) is 2. The molecule has 1 atom stereocenters. The molecule has 15 heavy (non-hydrogen) atoms. The molecule has 1 heterocycles. The van der Waals surface area contributed by atoms with Gasteiger partial charge in [-0.1, -0.05) is 0 Å². The lowest BCUT2D eigenvalue weighted by Crippen LogP contribution is -2.49. The molecule has 0 aliphatic carbocycles. The Morgan fingerprint density at radius 1 is 1.47 bits per heavy atom. The number of amides is 2. The fraction of sp³-hybridized carbons (Fsp3) is 0.909. The highest BCUT2D eigenvalue weighted by Gasteiger charge is 2.25. The number of carbonyl (C=O) groups excluding carboxylic acids is 1. The van der Waals surface area contributed by atoms with Crippen LogP contribution in [0.4, 0.5) is 4.79 Å². The van der Waals surface area contributed by atoms with Crippen LogP contribution in [0.5, 0.6) is 0 Å². The van der Waals surface area contributed by atoms with Gasteiger partial charge >= 0.3 is 6.03 Å². The Morgan fingerprint density at radius 3 is 2.93 bits per heavy atom. The predicted molar refractivity (Wildman–Crippen MR) is 62.0 cm³/mol. The van der Waals surface area contributed by atoms with Gasteiger partial charge in [0.15, 0.2) is 0 Å². The normalized spacial score (nSPS) is 21.5. The molecule has 0 bridgehead atoms. The first-order chi connectivity index (χ1) is 7.29. The summed E-state index contributed by atoms with van der Waals surface area (Å²) in [5, 5.41) is 6.04. The molecule has 0 aromatic rings. The molecule has 2 amide bonds. The Kier molecular flexibility index (Phi) is 5.47. The van der Waals surface area contributed by atoms with Gasteiger partial charge in [0, 0.05) is 19.1 Å². The zero-order chi connectivity index (χ0) is 11.1. The molecule has 88 valence electrons. The van der Waals surface area contributed by atoms with Crippen molar-refractivity contribution in [2.75, 3.05) is 26.7 Å². The fourth-order valence-corrected chi connectivity index (χ4v) is 2.13. The molecule has 1 saturated heterocycles. The molecule has 1 aliphatic heterocycles. The highest BCUT2D eigenvalue weighted by atomic mass is 16.2.